The van der Waals surface area contributed by atoms with Gasteiger partial charge in [-0.25, -0.2) is 4.39 Å². The van der Waals surface area contributed by atoms with Crippen molar-refractivity contribution in [1.82, 2.24) is 4.90 Å². The molecule has 0 amide bonds. The summed E-state index contributed by atoms with van der Waals surface area (Å²) in [5.74, 6) is -0.454. The molecule has 1 unspecified atom stereocenters. The molecule has 1 saturated heterocycles. The smallest absolute Gasteiger partial charge is 0.141 e. The molecule has 0 bridgehead atoms. The van der Waals surface area contributed by atoms with E-state index >= 15 is 0 Å². The van der Waals surface area contributed by atoms with Gasteiger partial charge in [-0.2, -0.15) is 5.26 Å². The van der Waals surface area contributed by atoms with Crippen molar-refractivity contribution < 1.29 is 4.39 Å². The normalized spacial score (nSPS) is 20.4. The third-order valence-electron chi connectivity index (χ3n) is 3.95. The van der Waals surface area contributed by atoms with Crippen molar-refractivity contribution >= 4 is 5.69 Å². The van der Waals surface area contributed by atoms with E-state index in [1.165, 1.54) is 12.5 Å². The monoisotopic (exact) mass is 275 g/mol. The van der Waals surface area contributed by atoms with Gasteiger partial charge >= 0.3 is 0 Å². The molecule has 108 valence electrons. The highest BCUT2D eigenvalue weighted by molar-refractivity contribution is 5.50. The zero-order valence-corrected chi connectivity index (χ0v) is 12.2. The SMILES string of the molecule is CC(C)N1CCCC(Nc2ccc(F)c(C#N)c2)CC1. The molecule has 1 aromatic rings. The maximum Gasteiger partial charge on any atom is 0.141 e. The third kappa shape index (κ3) is 3.71. The van der Waals surface area contributed by atoms with E-state index < -0.39 is 5.82 Å². The average Bonchev–Trinajstić information content (AvgIpc) is 2.66. The van der Waals surface area contributed by atoms with E-state index in [2.05, 4.69) is 24.1 Å². The maximum atomic E-state index is 13.3. The number of nitriles is 1. The lowest BCUT2D eigenvalue weighted by molar-refractivity contribution is 0.230. The molecule has 1 fully saturated rings. The lowest BCUT2D eigenvalue weighted by Crippen LogP contribution is -2.32. The van der Waals surface area contributed by atoms with E-state index in [9.17, 15) is 4.39 Å². The van der Waals surface area contributed by atoms with Gasteiger partial charge in [0.25, 0.3) is 0 Å². The second-order valence-corrected chi connectivity index (χ2v) is 5.71. The van der Waals surface area contributed by atoms with E-state index in [1.54, 1.807) is 12.1 Å². The van der Waals surface area contributed by atoms with Crippen molar-refractivity contribution in [2.75, 3.05) is 18.4 Å². The fraction of sp³-hybridized carbons (Fsp3) is 0.562. The first kappa shape index (κ1) is 14.8. The van der Waals surface area contributed by atoms with Crippen LogP contribution in [0, 0.1) is 17.1 Å². The third-order valence-corrected chi connectivity index (χ3v) is 3.95. The fourth-order valence-corrected chi connectivity index (χ4v) is 2.72. The van der Waals surface area contributed by atoms with Crippen molar-refractivity contribution in [2.24, 2.45) is 0 Å². The molecular formula is C16H22FN3. The Morgan fingerprint density at radius 2 is 2.15 bits per heavy atom. The number of hydrogen-bond acceptors (Lipinski definition) is 3. The molecule has 3 nitrogen and oxygen atoms in total. The van der Waals surface area contributed by atoms with Gasteiger partial charge in [0.1, 0.15) is 11.9 Å². The molecule has 4 heteroatoms. The molecule has 2 rings (SSSR count). The average molecular weight is 275 g/mol. The Kier molecular flexibility index (Phi) is 4.97. The van der Waals surface area contributed by atoms with Gasteiger partial charge in [0, 0.05) is 24.3 Å². The van der Waals surface area contributed by atoms with Crippen LogP contribution in [0.2, 0.25) is 0 Å². The summed E-state index contributed by atoms with van der Waals surface area (Å²) < 4.78 is 13.3. The van der Waals surface area contributed by atoms with E-state index in [1.807, 2.05) is 6.07 Å². The number of nitrogens with one attached hydrogen (secondary N) is 1. The molecule has 1 aromatic carbocycles. The summed E-state index contributed by atoms with van der Waals surface area (Å²) in [7, 11) is 0. The van der Waals surface area contributed by atoms with E-state index in [-0.39, 0.29) is 5.56 Å². The predicted molar refractivity (Wildman–Crippen MR) is 79.1 cm³/mol. The van der Waals surface area contributed by atoms with Gasteiger partial charge in [-0.3, -0.25) is 0 Å². The molecule has 20 heavy (non-hydrogen) atoms. The second kappa shape index (κ2) is 6.71. The molecule has 0 aromatic heterocycles. The van der Waals surface area contributed by atoms with Gasteiger partial charge in [0.2, 0.25) is 0 Å². The summed E-state index contributed by atoms with van der Waals surface area (Å²) in [5.41, 5.74) is 0.943. The highest BCUT2D eigenvalue weighted by atomic mass is 19.1. The Labute approximate surface area is 120 Å². The number of hydrogen-bond donors (Lipinski definition) is 1. The lowest BCUT2D eigenvalue weighted by atomic mass is 10.1. The predicted octanol–water partition coefficient (Wildman–Crippen LogP) is 3.37. The van der Waals surface area contributed by atoms with Crippen LogP contribution >= 0.6 is 0 Å². The number of anilines is 1. The van der Waals surface area contributed by atoms with Gasteiger partial charge in [0.05, 0.1) is 5.56 Å². The first-order valence-electron chi connectivity index (χ1n) is 7.30. The standard InChI is InChI=1S/C16H22FN3/c1-12(2)20-8-3-4-14(7-9-20)19-15-5-6-16(17)13(10-15)11-18/h5-6,10,12,14,19H,3-4,7-9H2,1-2H3. The van der Waals surface area contributed by atoms with E-state index in [0.717, 1.165) is 31.6 Å². The van der Waals surface area contributed by atoms with Crippen molar-refractivity contribution in [1.29, 1.82) is 5.26 Å². The topological polar surface area (TPSA) is 39.1 Å². The van der Waals surface area contributed by atoms with Crippen molar-refractivity contribution in [2.45, 2.75) is 45.2 Å². The minimum absolute atomic E-state index is 0.104. The zero-order chi connectivity index (χ0) is 14.5. The maximum absolute atomic E-state index is 13.3. The Bertz CT molecular complexity index is 493. The van der Waals surface area contributed by atoms with Gasteiger partial charge in [-0.15, -0.1) is 0 Å². The van der Waals surface area contributed by atoms with Crippen LogP contribution in [0.5, 0.6) is 0 Å². The van der Waals surface area contributed by atoms with Crippen LogP contribution in [0.25, 0.3) is 0 Å². The summed E-state index contributed by atoms with van der Waals surface area (Å²) in [5, 5.41) is 12.3. The lowest BCUT2D eigenvalue weighted by Gasteiger charge is -2.24. The number of rotatable bonds is 3. The molecular weight excluding hydrogens is 253 g/mol. The number of benzene rings is 1. The number of halogens is 1. The minimum atomic E-state index is -0.454. The van der Waals surface area contributed by atoms with Crippen LogP contribution in [0.4, 0.5) is 10.1 Å². The van der Waals surface area contributed by atoms with Crippen molar-refractivity contribution in [3.8, 4) is 6.07 Å². The van der Waals surface area contributed by atoms with Crippen molar-refractivity contribution in [3.63, 3.8) is 0 Å². The van der Waals surface area contributed by atoms with Crippen LogP contribution < -0.4 is 5.32 Å². The summed E-state index contributed by atoms with van der Waals surface area (Å²) >= 11 is 0. The first-order chi connectivity index (χ1) is 9.60. The summed E-state index contributed by atoms with van der Waals surface area (Å²) in [4.78, 5) is 2.49. The molecule has 1 N–H and O–H groups in total. The summed E-state index contributed by atoms with van der Waals surface area (Å²) in [6.07, 6.45) is 3.36. The van der Waals surface area contributed by atoms with Crippen LogP contribution in [0.15, 0.2) is 18.2 Å². The van der Waals surface area contributed by atoms with Crippen molar-refractivity contribution in [3.05, 3.63) is 29.6 Å². The van der Waals surface area contributed by atoms with Crippen LogP contribution in [-0.4, -0.2) is 30.1 Å². The summed E-state index contributed by atoms with van der Waals surface area (Å²) in [6.45, 7) is 6.68. The van der Waals surface area contributed by atoms with Gasteiger partial charge < -0.3 is 10.2 Å². The second-order valence-electron chi connectivity index (χ2n) is 5.71. The molecule has 1 heterocycles. The minimum Gasteiger partial charge on any atom is -0.382 e. The first-order valence-corrected chi connectivity index (χ1v) is 7.30. The van der Waals surface area contributed by atoms with Crippen LogP contribution in [0.3, 0.4) is 0 Å². The van der Waals surface area contributed by atoms with Crippen LogP contribution in [0.1, 0.15) is 38.7 Å². The molecule has 1 atom stereocenters. The Balaban J connectivity index is 1.98. The zero-order valence-electron chi connectivity index (χ0n) is 12.2. The Morgan fingerprint density at radius 1 is 1.35 bits per heavy atom. The number of nitrogens with zero attached hydrogens (tertiary/aromatic N) is 2. The quantitative estimate of drug-likeness (QED) is 0.919. The van der Waals surface area contributed by atoms with Gasteiger partial charge in [-0.1, -0.05) is 0 Å². The molecule has 0 spiro atoms. The molecule has 0 saturated carbocycles. The largest absolute Gasteiger partial charge is 0.382 e. The highest BCUT2D eigenvalue weighted by Crippen LogP contribution is 2.20. The molecule has 1 aliphatic rings. The summed E-state index contributed by atoms with van der Waals surface area (Å²) in [6, 6.07) is 7.54. The fourth-order valence-electron chi connectivity index (χ4n) is 2.72. The van der Waals surface area contributed by atoms with Crippen LogP contribution in [-0.2, 0) is 0 Å². The Morgan fingerprint density at radius 3 is 2.85 bits per heavy atom. The molecule has 0 aliphatic carbocycles. The molecule has 0 radical (unpaired) electrons. The molecule has 1 aliphatic heterocycles. The van der Waals surface area contributed by atoms with E-state index in [4.69, 9.17) is 5.26 Å². The highest BCUT2D eigenvalue weighted by Gasteiger charge is 2.18. The number of likely N-dealkylation sites (tertiary alicyclic amines) is 1. The van der Waals surface area contributed by atoms with Gasteiger partial charge in [0.15, 0.2) is 0 Å². The van der Waals surface area contributed by atoms with Gasteiger partial charge in [-0.05, 0) is 57.9 Å². The Hall–Kier alpha value is -1.60. The van der Waals surface area contributed by atoms with E-state index in [0.29, 0.717) is 12.1 Å².